The maximum absolute atomic E-state index is 15.0. The second-order valence-corrected chi connectivity index (χ2v) is 8.61. The normalized spacial score (nSPS) is 19.3. The summed E-state index contributed by atoms with van der Waals surface area (Å²) in [4.78, 5) is 0. The van der Waals surface area contributed by atoms with Gasteiger partial charge in [-0.2, -0.15) is 0 Å². The summed E-state index contributed by atoms with van der Waals surface area (Å²) in [5, 5.41) is 0.351. The van der Waals surface area contributed by atoms with Gasteiger partial charge in [-0.05, 0) is 72.2 Å². The molecule has 0 N–H and O–H groups in total. The molecule has 0 aromatic heterocycles. The fourth-order valence-corrected chi connectivity index (χ4v) is 4.86. The highest BCUT2D eigenvalue weighted by Crippen LogP contribution is 2.39. The Morgan fingerprint density at radius 2 is 1.66 bits per heavy atom. The van der Waals surface area contributed by atoms with Crippen molar-refractivity contribution in [3.8, 4) is 16.9 Å². The molecule has 0 heterocycles. The van der Waals surface area contributed by atoms with Crippen LogP contribution in [0.25, 0.3) is 21.9 Å². The molecule has 0 saturated heterocycles. The van der Waals surface area contributed by atoms with E-state index in [0.29, 0.717) is 22.4 Å². The molecule has 3 aromatic carbocycles. The summed E-state index contributed by atoms with van der Waals surface area (Å²) in [6.07, 6.45) is 1.98. The largest absolute Gasteiger partial charge is 0.573 e. The zero-order valence-corrected chi connectivity index (χ0v) is 17.8. The van der Waals surface area contributed by atoms with E-state index in [4.69, 9.17) is 0 Å². The number of fused-ring (bicyclic) bond motifs is 1. The van der Waals surface area contributed by atoms with Gasteiger partial charge in [0.1, 0.15) is 5.82 Å². The van der Waals surface area contributed by atoms with Crippen LogP contribution in [0.15, 0.2) is 48.5 Å². The second-order valence-electron chi connectivity index (χ2n) is 8.61. The summed E-state index contributed by atoms with van der Waals surface area (Å²) < 4.78 is 70.5. The Morgan fingerprint density at radius 1 is 0.906 bits per heavy atom. The van der Waals surface area contributed by atoms with Gasteiger partial charge in [-0.25, -0.2) is 8.78 Å². The third kappa shape index (κ3) is 4.89. The lowest BCUT2D eigenvalue weighted by Crippen LogP contribution is -2.17. The van der Waals surface area contributed by atoms with Gasteiger partial charge in [0.15, 0.2) is 11.6 Å². The first-order chi connectivity index (χ1) is 15.2. The Morgan fingerprint density at radius 3 is 2.31 bits per heavy atom. The Balaban J connectivity index is 1.57. The van der Waals surface area contributed by atoms with Crippen molar-refractivity contribution in [2.24, 2.45) is 5.92 Å². The van der Waals surface area contributed by atoms with Crippen LogP contribution in [0, 0.1) is 17.6 Å². The highest BCUT2D eigenvalue weighted by molar-refractivity contribution is 5.89. The van der Waals surface area contributed by atoms with E-state index in [1.807, 2.05) is 6.07 Å². The first kappa shape index (κ1) is 22.6. The lowest BCUT2D eigenvalue weighted by atomic mass is 9.77. The number of benzene rings is 3. The summed E-state index contributed by atoms with van der Waals surface area (Å²) in [5.74, 6) is -1.19. The Hall–Kier alpha value is -2.63. The van der Waals surface area contributed by atoms with Gasteiger partial charge in [-0.3, -0.25) is 0 Å². The van der Waals surface area contributed by atoms with Gasteiger partial charge in [0.2, 0.25) is 0 Å². The van der Waals surface area contributed by atoms with Crippen molar-refractivity contribution >= 4 is 10.8 Å². The van der Waals surface area contributed by atoms with Crippen molar-refractivity contribution in [1.29, 1.82) is 0 Å². The molecule has 1 aliphatic carbocycles. The molecule has 0 atom stereocenters. The minimum absolute atomic E-state index is 0.0173. The van der Waals surface area contributed by atoms with Crippen molar-refractivity contribution in [3.63, 3.8) is 0 Å². The molecule has 1 fully saturated rings. The molecule has 32 heavy (non-hydrogen) atoms. The molecule has 0 spiro atoms. The molecule has 0 amide bonds. The fraction of sp³-hybridized carbons (Fsp3) is 0.385. The molecule has 0 bridgehead atoms. The lowest BCUT2D eigenvalue weighted by Gasteiger charge is -2.28. The zero-order chi connectivity index (χ0) is 22.9. The number of hydrogen-bond donors (Lipinski definition) is 0. The van der Waals surface area contributed by atoms with Crippen molar-refractivity contribution in [2.45, 2.75) is 57.7 Å². The van der Waals surface area contributed by atoms with Crippen LogP contribution in [0.5, 0.6) is 5.75 Å². The van der Waals surface area contributed by atoms with E-state index >= 15 is 0 Å². The van der Waals surface area contributed by atoms with Gasteiger partial charge in [0.05, 0.1) is 0 Å². The zero-order valence-electron chi connectivity index (χ0n) is 17.8. The Labute approximate surface area is 184 Å². The van der Waals surface area contributed by atoms with Gasteiger partial charge in [0, 0.05) is 10.9 Å². The van der Waals surface area contributed by atoms with E-state index < -0.39 is 17.9 Å². The monoisotopic (exact) mass is 448 g/mol. The maximum atomic E-state index is 15.0. The van der Waals surface area contributed by atoms with Gasteiger partial charge in [0.25, 0.3) is 0 Å². The van der Waals surface area contributed by atoms with Gasteiger partial charge < -0.3 is 4.74 Å². The summed E-state index contributed by atoms with van der Waals surface area (Å²) in [6.45, 7) is 2.20. The molecule has 0 aliphatic heterocycles. The van der Waals surface area contributed by atoms with E-state index in [1.54, 1.807) is 18.2 Å². The molecular formula is C26H25F5O. The van der Waals surface area contributed by atoms with E-state index in [-0.39, 0.29) is 11.2 Å². The van der Waals surface area contributed by atoms with Crippen LogP contribution < -0.4 is 4.74 Å². The predicted molar refractivity (Wildman–Crippen MR) is 116 cm³/mol. The number of alkyl halides is 3. The quantitative estimate of drug-likeness (QED) is 0.355. The molecule has 4 rings (SSSR count). The van der Waals surface area contributed by atoms with Crippen molar-refractivity contribution < 1.29 is 26.7 Å². The van der Waals surface area contributed by atoms with Gasteiger partial charge in [-0.15, -0.1) is 13.2 Å². The van der Waals surface area contributed by atoms with E-state index in [9.17, 15) is 22.0 Å². The van der Waals surface area contributed by atoms with Crippen LogP contribution in [0.2, 0.25) is 0 Å². The molecule has 170 valence electrons. The van der Waals surface area contributed by atoms with E-state index in [2.05, 4.69) is 11.7 Å². The van der Waals surface area contributed by atoms with Crippen molar-refractivity contribution in [3.05, 3.63) is 65.7 Å². The van der Waals surface area contributed by atoms with Crippen LogP contribution in [0.3, 0.4) is 0 Å². The standard InChI is InChI=1S/C26H25F5O/c1-2-3-16-4-6-17(7-5-16)18-8-11-21(23(27)15-18)19-9-12-22-20(14-19)10-13-24(25(22)28)32-26(29,30)31/h8-17H,2-7H2,1H3/t16-,17-. The lowest BCUT2D eigenvalue weighted by molar-refractivity contribution is -0.275. The first-order valence-corrected chi connectivity index (χ1v) is 11.0. The molecule has 0 unspecified atom stereocenters. The molecule has 1 nitrogen and oxygen atoms in total. The predicted octanol–water partition coefficient (Wildman–Crippen LogP) is 8.76. The van der Waals surface area contributed by atoms with Crippen molar-refractivity contribution in [2.75, 3.05) is 0 Å². The summed E-state index contributed by atoms with van der Waals surface area (Å²) in [6, 6.07) is 12.0. The van der Waals surface area contributed by atoms with Gasteiger partial charge in [-0.1, -0.05) is 50.1 Å². The molecule has 3 aromatic rings. The topological polar surface area (TPSA) is 9.23 Å². The number of hydrogen-bond acceptors (Lipinski definition) is 1. The minimum atomic E-state index is -4.98. The smallest absolute Gasteiger partial charge is 0.403 e. The number of ether oxygens (including phenoxy) is 1. The molecule has 1 saturated carbocycles. The molecule has 0 radical (unpaired) electrons. The van der Waals surface area contributed by atoms with E-state index in [1.165, 1.54) is 43.9 Å². The molecule has 1 aliphatic rings. The third-order valence-electron chi connectivity index (χ3n) is 6.46. The van der Waals surface area contributed by atoms with Gasteiger partial charge >= 0.3 is 6.36 Å². The van der Waals surface area contributed by atoms with Crippen LogP contribution >= 0.6 is 0 Å². The summed E-state index contributed by atoms with van der Waals surface area (Å²) in [5.41, 5.74) is 1.92. The number of halogens is 5. The molecular weight excluding hydrogens is 423 g/mol. The Kier molecular flexibility index (Phi) is 6.40. The average Bonchev–Trinajstić information content (AvgIpc) is 2.75. The maximum Gasteiger partial charge on any atom is 0.573 e. The highest BCUT2D eigenvalue weighted by Gasteiger charge is 2.32. The first-order valence-electron chi connectivity index (χ1n) is 11.0. The van der Waals surface area contributed by atoms with Crippen molar-refractivity contribution in [1.82, 2.24) is 0 Å². The van der Waals surface area contributed by atoms with Crippen LogP contribution in [-0.2, 0) is 0 Å². The minimum Gasteiger partial charge on any atom is -0.403 e. The SMILES string of the molecule is CCC[C@H]1CC[C@H](c2ccc(-c3ccc4c(F)c(OC(F)(F)F)ccc4c3)c(F)c2)CC1. The number of rotatable bonds is 5. The fourth-order valence-electron chi connectivity index (χ4n) is 4.86. The van der Waals surface area contributed by atoms with Crippen LogP contribution in [0.4, 0.5) is 22.0 Å². The van der Waals surface area contributed by atoms with E-state index in [0.717, 1.165) is 30.4 Å². The summed E-state index contributed by atoms with van der Waals surface area (Å²) >= 11 is 0. The van der Waals surface area contributed by atoms with Crippen LogP contribution in [-0.4, -0.2) is 6.36 Å². The highest BCUT2D eigenvalue weighted by atomic mass is 19.4. The average molecular weight is 448 g/mol. The van der Waals surface area contributed by atoms with Crippen LogP contribution in [0.1, 0.15) is 56.9 Å². The summed E-state index contributed by atoms with van der Waals surface area (Å²) in [7, 11) is 0. The Bertz CT molecular complexity index is 1100. The third-order valence-corrected chi connectivity index (χ3v) is 6.46. The second kappa shape index (κ2) is 9.08. The molecule has 6 heteroatoms.